The number of ether oxygens (including phenoxy) is 1. The van der Waals surface area contributed by atoms with Gasteiger partial charge in [0.15, 0.2) is 5.78 Å². The fourth-order valence-electron chi connectivity index (χ4n) is 3.04. The van der Waals surface area contributed by atoms with Gasteiger partial charge >= 0.3 is 5.97 Å². The molecule has 4 atom stereocenters. The summed E-state index contributed by atoms with van der Waals surface area (Å²) in [7, 11) is 0. The van der Waals surface area contributed by atoms with E-state index in [1.54, 1.807) is 44.2 Å². The van der Waals surface area contributed by atoms with Crippen molar-refractivity contribution in [1.29, 1.82) is 0 Å². The Hall–Kier alpha value is -2.48. The van der Waals surface area contributed by atoms with Crippen molar-refractivity contribution < 1.29 is 29.6 Å². The van der Waals surface area contributed by atoms with Crippen LogP contribution in [0.25, 0.3) is 6.08 Å². The van der Waals surface area contributed by atoms with Crippen LogP contribution in [0.1, 0.15) is 48.2 Å². The molecular weight excluding hydrogens is 374 g/mol. The van der Waals surface area contributed by atoms with E-state index in [9.17, 15) is 19.8 Å². The van der Waals surface area contributed by atoms with Crippen molar-refractivity contribution in [3.05, 3.63) is 47.1 Å². The fourth-order valence-corrected chi connectivity index (χ4v) is 3.04. The highest BCUT2D eigenvalue weighted by atomic mass is 16.5. The van der Waals surface area contributed by atoms with E-state index in [2.05, 4.69) is 0 Å². The van der Waals surface area contributed by atoms with Crippen LogP contribution in [0.15, 0.2) is 30.4 Å². The lowest BCUT2D eigenvalue weighted by Gasteiger charge is -2.20. The summed E-state index contributed by atoms with van der Waals surface area (Å²) in [6, 6.07) is 3.48. The lowest BCUT2D eigenvalue weighted by atomic mass is 9.97. The van der Waals surface area contributed by atoms with E-state index >= 15 is 0 Å². The van der Waals surface area contributed by atoms with Crippen molar-refractivity contribution in [2.45, 2.75) is 51.4 Å². The predicted octanol–water partition coefficient (Wildman–Crippen LogP) is 1.64. The Balaban J connectivity index is 2.47. The molecule has 1 aromatic carbocycles. The van der Waals surface area contributed by atoms with Crippen molar-refractivity contribution in [2.24, 2.45) is 5.92 Å². The summed E-state index contributed by atoms with van der Waals surface area (Å²) in [6.07, 6.45) is 3.74. The summed E-state index contributed by atoms with van der Waals surface area (Å²) < 4.78 is 5.55. The van der Waals surface area contributed by atoms with Gasteiger partial charge in [-0.25, -0.2) is 4.79 Å². The first-order valence-corrected chi connectivity index (χ1v) is 9.73. The number of aryl methyl sites for hydroxylation is 1. The monoisotopic (exact) mass is 403 g/mol. The normalized spacial score (nSPS) is 28.2. The molecule has 0 aliphatic carbocycles. The maximum absolute atomic E-state index is 12.8. The number of aliphatic hydroxyl groups excluding tert-OH is 3. The zero-order chi connectivity index (χ0) is 21.6. The zero-order valence-electron chi connectivity index (χ0n) is 16.7. The Labute approximate surface area is 170 Å². The lowest BCUT2D eigenvalue weighted by molar-refractivity contribution is -0.127. The second-order valence-electron chi connectivity index (χ2n) is 7.36. The third kappa shape index (κ3) is 6.00. The van der Waals surface area contributed by atoms with Gasteiger partial charge in [0.2, 0.25) is 0 Å². The zero-order valence-corrected chi connectivity index (χ0v) is 16.7. The van der Waals surface area contributed by atoms with E-state index in [4.69, 9.17) is 15.6 Å². The number of anilines is 1. The molecule has 2 rings (SSSR count). The molecule has 1 aliphatic rings. The van der Waals surface area contributed by atoms with Crippen LogP contribution in [-0.4, -0.2) is 52.0 Å². The van der Waals surface area contributed by atoms with Crippen LogP contribution >= 0.6 is 0 Å². The maximum atomic E-state index is 12.8. The second kappa shape index (κ2) is 10.3. The van der Waals surface area contributed by atoms with Crippen molar-refractivity contribution in [1.82, 2.24) is 0 Å². The molecule has 7 nitrogen and oxygen atoms in total. The van der Waals surface area contributed by atoms with Gasteiger partial charge in [0.1, 0.15) is 12.2 Å². The number of esters is 1. The van der Waals surface area contributed by atoms with Crippen molar-refractivity contribution in [2.75, 3.05) is 12.3 Å². The van der Waals surface area contributed by atoms with Crippen LogP contribution in [0.3, 0.4) is 0 Å². The molecule has 1 aliphatic heterocycles. The minimum absolute atomic E-state index is 0.0158. The van der Waals surface area contributed by atoms with Crippen LogP contribution in [0, 0.1) is 5.92 Å². The molecule has 0 aromatic heterocycles. The number of carbonyl (C=O) groups is 2. The number of carbonyl (C=O) groups excluding carboxylic acids is 2. The molecule has 1 aromatic rings. The minimum Gasteiger partial charge on any atom is -0.458 e. The van der Waals surface area contributed by atoms with Crippen LogP contribution < -0.4 is 5.73 Å². The van der Waals surface area contributed by atoms with Gasteiger partial charge in [0.05, 0.1) is 11.7 Å². The van der Waals surface area contributed by atoms with Gasteiger partial charge in [-0.15, -0.1) is 0 Å². The third-order valence-electron chi connectivity index (χ3n) is 5.02. The number of nitrogens with two attached hydrogens (primary N) is 1. The fraction of sp³-hybridized carbons (Fsp3) is 0.455. The number of hydrogen-bond acceptors (Lipinski definition) is 7. The summed E-state index contributed by atoms with van der Waals surface area (Å²) in [5.41, 5.74) is 8.01. The van der Waals surface area contributed by atoms with Gasteiger partial charge in [-0.1, -0.05) is 31.2 Å². The number of cyclic esters (lactones) is 1. The van der Waals surface area contributed by atoms with Gasteiger partial charge in [0, 0.05) is 18.2 Å². The summed E-state index contributed by atoms with van der Waals surface area (Å²) >= 11 is 0. The SMILES string of the molecule is C[C@@H]1/C=C\C(=O)[C@@H](O)[C@@H](O)C/C=C/c2cc(CCCO)cc(N)c2C(=O)O[C@H]1C. The lowest BCUT2D eigenvalue weighted by Crippen LogP contribution is -2.32. The van der Waals surface area contributed by atoms with Crippen molar-refractivity contribution >= 4 is 23.5 Å². The van der Waals surface area contributed by atoms with Gasteiger partial charge in [-0.2, -0.15) is 0 Å². The van der Waals surface area contributed by atoms with E-state index in [1.165, 1.54) is 6.08 Å². The summed E-state index contributed by atoms with van der Waals surface area (Å²) in [5.74, 6) is -1.48. The van der Waals surface area contributed by atoms with Crippen molar-refractivity contribution in [3.63, 3.8) is 0 Å². The second-order valence-corrected chi connectivity index (χ2v) is 7.36. The molecule has 0 amide bonds. The number of rotatable bonds is 3. The average molecular weight is 403 g/mol. The standard InChI is InChI=1S/C22H29NO6/c1-13-8-9-19(26)21(27)18(25)7-3-6-16-11-15(5-4-10-24)12-17(23)20(16)22(28)29-14(13)2/h3,6,8-9,11-14,18,21,24-25,27H,4-5,7,10,23H2,1-2H3/b6-3+,9-8-/t13-,14+,18+,21+/m1/s1. The number of benzene rings is 1. The maximum Gasteiger partial charge on any atom is 0.341 e. The first-order chi connectivity index (χ1) is 13.7. The smallest absolute Gasteiger partial charge is 0.341 e. The number of aliphatic hydroxyl groups is 3. The third-order valence-corrected chi connectivity index (χ3v) is 5.02. The summed E-state index contributed by atoms with van der Waals surface area (Å²) in [5, 5.41) is 29.2. The van der Waals surface area contributed by atoms with Crippen molar-refractivity contribution in [3.8, 4) is 0 Å². The van der Waals surface area contributed by atoms with E-state index < -0.39 is 30.1 Å². The van der Waals surface area contributed by atoms with Gasteiger partial charge in [-0.3, -0.25) is 4.79 Å². The Morgan fingerprint density at radius 2 is 1.90 bits per heavy atom. The Bertz CT molecular complexity index is 801. The molecule has 0 saturated carbocycles. The molecule has 1 heterocycles. The van der Waals surface area contributed by atoms with Gasteiger partial charge < -0.3 is 25.8 Å². The topological polar surface area (TPSA) is 130 Å². The highest BCUT2D eigenvalue weighted by Crippen LogP contribution is 2.25. The molecule has 29 heavy (non-hydrogen) atoms. The number of hydrogen-bond donors (Lipinski definition) is 4. The first kappa shape index (κ1) is 22.8. The highest BCUT2D eigenvalue weighted by molar-refractivity contribution is 5.99. The number of ketones is 1. The molecule has 0 radical (unpaired) electrons. The number of nitrogen functional groups attached to an aromatic ring is 1. The van der Waals surface area contributed by atoms with Crippen LogP contribution in [0.4, 0.5) is 5.69 Å². The van der Waals surface area contributed by atoms with E-state index in [0.29, 0.717) is 18.4 Å². The average Bonchev–Trinajstić information content (AvgIpc) is 2.68. The van der Waals surface area contributed by atoms with Crippen LogP contribution in [0.5, 0.6) is 0 Å². The Morgan fingerprint density at radius 3 is 2.59 bits per heavy atom. The highest BCUT2D eigenvalue weighted by Gasteiger charge is 2.24. The molecule has 0 fully saturated rings. The van der Waals surface area contributed by atoms with Crippen LogP contribution in [0.2, 0.25) is 0 Å². The molecule has 158 valence electrons. The molecule has 5 N–H and O–H groups in total. The van der Waals surface area contributed by atoms with Crippen LogP contribution in [-0.2, 0) is 16.0 Å². The summed E-state index contributed by atoms with van der Waals surface area (Å²) in [4.78, 5) is 24.8. The minimum atomic E-state index is -1.54. The first-order valence-electron chi connectivity index (χ1n) is 9.73. The number of fused-ring (bicyclic) bond motifs is 1. The molecular formula is C22H29NO6. The molecule has 0 spiro atoms. The molecule has 0 bridgehead atoms. The molecule has 0 unspecified atom stereocenters. The summed E-state index contributed by atoms with van der Waals surface area (Å²) in [6.45, 7) is 3.52. The van der Waals surface area contributed by atoms with E-state index in [1.807, 2.05) is 0 Å². The van der Waals surface area contributed by atoms with Gasteiger partial charge in [-0.05, 0) is 49.5 Å². The Kier molecular flexibility index (Phi) is 8.13. The Morgan fingerprint density at radius 1 is 1.17 bits per heavy atom. The van der Waals surface area contributed by atoms with Gasteiger partial charge in [0.25, 0.3) is 0 Å². The molecule has 7 heteroatoms. The predicted molar refractivity (Wildman–Crippen MR) is 110 cm³/mol. The van der Waals surface area contributed by atoms with E-state index in [-0.39, 0.29) is 30.2 Å². The van der Waals surface area contributed by atoms with E-state index in [0.717, 1.165) is 5.56 Å². The molecule has 0 saturated heterocycles. The quantitative estimate of drug-likeness (QED) is 0.446. The largest absolute Gasteiger partial charge is 0.458 e.